The summed E-state index contributed by atoms with van der Waals surface area (Å²) in [6.07, 6.45) is 1.94. The number of hydrogen-bond donors (Lipinski definition) is 2. The average molecular weight is 536 g/mol. The molecule has 2 heterocycles. The molecule has 4 aromatic rings. The molecule has 0 unspecified atom stereocenters. The predicted octanol–water partition coefficient (Wildman–Crippen LogP) is 6.32. The summed E-state index contributed by atoms with van der Waals surface area (Å²) in [5, 5.41) is 12.0. The molecule has 2 aliphatic rings. The zero-order valence-corrected chi connectivity index (χ0v) is 20.9. The van der Waals surface area contributed by atoms with Gasteiger partial charge in [-0.3, -0.25) is 9.69 Å². The van der Waals surface area contributed by atoms with Crippen LogP contribution in [0.2, 0.25) is 0 Å². The summed E-state index contributed by atoms with van der Waals surface area (Å²) in [6.45, 7) is 0. The lowest BCUT2D eigenvalue weighted by molar-refractivity contribution is -0.116. The fourth-order valence-corrected chi connectivity index (χ4v) is 5.97. The van der Waals surface area contributed by atoms with Gasteiger partial charge in [0.25, 0.3) is 0 Å². The molecule has 6 rings (SSSR count). The van der Waals surface area contributed by atoms with Crippen LogP contribution in [0.15, 0.2) is 82.5 Å². The van der Waals surface area contributed by atoms with E-state index in [0.29, 0.717) is 23.4 Å². The Bertz CT molecular complexity index is 1650. The van der Waals surface area contributed by atoms with Crippen molar-refractivity contribution in [1.29, 1.82) is 5.26 Å². The lowest BCUT2D eigenvalue weighted by Gasteiger charge is -2.41. The number of Topliss-reactive ketones (excluding diaryl/α,β-unsaturated/α-hetero) is 1. The molecule has 0 spiro atoms. The first kappa shape index (κ1) is 22.3. The number of rotatable bonds is 2. The molecule has 1 atom stereocenters. The first-order chi connectivity index (χ1) is 17.5. The SMILES string of the molecule is N#Cc1c(N)nc2c(c1N)[C@H](c1cccc(Br)c1)C1=C(CCCC1=O)N2c1cccc2ccccc12. The van der Waals surface area contributed by atoms with E-state index < -0.39 is 5.92 Å². The minimum Gasteiger partial charge on any atom is -0.397 e. The first-order valence-electron chi connectivity index (χ1n) is 11.8. The monoisotopic (exact) mass is 535 g/mol. The summed E-state index contributed by atoms with van der Waals surface area (Å²) in [4.78, 5) is 20.4. The number of fused-ring (bicyclic) bond motifs is 2. The second-order valence-electron chi connectivity index (χ2n) is 9.09. The minimum atomic E-state index is -0.452. The number of allylic oxidation sites excluding steroid dienone is 2. The van der Waals surface area contributed by atoms with Crippen molar-refractivity contribution in [2.24, 2.45) is 0 Å². The smallest absolute Gasteiger partial charge is 0.161 e. The lowest BCUT2D eigenvalue weighted by Crippen LogP contribution is -2.34. The van der Waals surface area contributed by atoms with Crippen LogP contribution < -0.4 is 16.4 Å². The number of anilines is 4. The predicted molar refractivity (Wildman–Crippen MR) is 146 cm³/mol. The van der Waals surface area contributed by atoms with Gasteiger partial charge in [-0.25, -0.2) is 4.98 Å². The van der Waals surface area contributed by atoms with E-state index in [2.05, 4.69) is 40.2 Å². The molecule has 0 radical (unpaired) electrons. The number of carbonyl (C=O) groups excluding carboxylic acids is 1. The number of nitrogens with two attached hydrogens (primary N) is 2. The molecule has 0 bridgehead atoms. The van der Waals surface area contributed by atoms with Gasteiger partial charge in [0.2, 0.25) is 0 Å². The van der Waals surface area contributed by atoms with Gasteiger partial charge in [0.05, 0.1) is 11.4 Å². The molecule has 1 aliphatic carbocycles. The van der Waals surface area contributed by atoms with Crippen molar-refractivity contribution < 1.29 is 4.79 Å². The highest BCUT2D eigenvalue weighted by Crippen LogP contribution is 2.53. The zero-order chi connectivity index (χ0) is 25.0. The summed E-state index contributed by atoms with van der Waals surface area (Å²) in [6, 6.07) is 24.2. The number of nitriles is 1. The van der Waals surface area contributed by atoms with Crippen LogP contribution in [0.1, 0.15) is 41.9 Å². The third kappa shape index (κ3) is 3.29. The molecule has 3 aromatic carbocycles. The van der Waals surface area contributed by atoms with Gasteiger partial charge in [-0.1, -0.05) is 64.5 Å². The fraction of sp³-hybridized carbons (Fsp3) is 0.138. The largest absolute Gasteiger partial charge is 0.397 e. The maximum Gasteiger partial charge on any atom is 0.161 e. The fourth-order valence-electron chi connectivity index (χ4n) is 5.56. The maximum atomic E-state index is 13.6. The quantitative estimate of drug-likeness (QED) is 0.310. The Kier molecular flexibility index (Phi) is 5.27. The van der Waals surface area contributed by atoms with E-state index in [1.165, 1.54) is 0 Å². The molecule has 176 valence electrons. The highest BCUT2D eigenvalue weighted by Gasteiger charge is 2.42. The number of pyridine rings is 1. The average Bonchev–Trinajstić information content (AvgIpc) is 2.88. The van der Waals surface area contributed by atoms with Gasteiger partial charge in [-0.15, -0.1) is 0 Å². The highest BCUT2D eigenvalue weighted by atomic mass is 79.9. The minimum absolute atomic E-state index is 0.0816. The van der Waals surface area contributed by atoms with E-state index in [1.54, 1.807) is 0 Å². The Hall–Kier alpha value is -4.15. The number of aromatic nitrogens is 1. The second-order valence-corrected chi connectivity index (χ2v) is 10.0. The van der Waals surface area contributed by atoms with Crippen LogP contribution in [0, 0.1) is 11.3 Å². The van der Waals surface area contributed by atoms with Gasteiger partial charge in [-0.05, 0) is 42.0 Å². The molecule has 36 heavy (non-hydrogen) atoms. The Labute approximate surface area is 217 Å². The molecule has 6 nitrogen and oxygen atoms in total. The van der Waals surface area contributed by atoms with Gasteiger partial charge in [0.15, 0.2) is 5.78 Å². The van der Waals surface area contributed by atoms with Crippen molar-refractivity contribution in [3.05, 3.63) is 99.2 Å². The zero-order valence-electron chi connectivity index (χ0n) is 19.3. The molecule has 1 aromatic heterocycles. The van der Waals surface area contributed by atoms with Crippen molar-refractivity contribution in [2.45, 2.75) is 25.2 Å². The van der Waals surface area contributed by atoms with Gasteiger partial charge in [0.1, 0.15) is 23.3 Å². The third-order valence-electron chi connectivity index (χ3n) is 7.07. The van der Waals surface area contributed by atoms with E-state index in [4.69, 9.17) is 16.5 Å². The van der Waals surface area contributed by atoms with E-state index in [9.17, 15) is 10.1 Å². The third-order valence-corrected chi connectivity index (χ3v) is 7.57. The van der Waals surface area contributed by atoms with Crippen LogP contribution in [-0.2, 0) is 4.79 Å². The Morgan fingerprint density at radius 2 is 1.81 bits per heavy atom. The van der Waals surface area contributed by atoms with Crippen molar-refractivity contribution >= 4 is 55.5 Å². The summed E-state index contributed by atoms with van der Waals surface area (Å²) >= 11 is 3.58. The topological polar surface area (TPSA) is 109 Å². The number of halogens is 1. The second kappa shape index (κ2) is 8.51. The number of ketones is 1. The Morgan fingerprint density at radius 3 is 2.61 bits per heavy atom. The highest BCUT2D eigenvalue weighted by molar-refractivity contribution is 9.10. The van der Waals surface area contributed by atoms with Crippen LogP contribution in [0.3, 0.4) is 0 Å². The number of nitrogen functional groups attached to an aromatic ring is 2. The van der Waals surface area contributed by atoms with Crippen LogP contribution in [0.5, 0.6) is 0 Å². The van der Waals surface area contributed by atoms with E-state index in [0.717, 1.165) is 45.0 Å². The number of carbonyl (C=O) groups is 1. The number of benzene rings is 3. The maximum absolute atomic E-state index is 13.6. The molecule has 1 aliphatic heterocycles. The van der Waals surface area contributed by atoms with Crippen molar-refractivity contribution in [3.8, 4) is 6.07 Å². The van der Waals surface area contributed by atoms with Crippen molar-refractivity contribution in [1.82, 2.24) is 4.98 Å². The molecule has 0 saturated heterocycles. The van der Waals surface area contributed by atoms with Crippen LogP contribution in [-0.4, -0.2) is 10.8 Å². The lowest BCUT2D eigenvalue weighted by atomic mass is 9.74. The molecule has 4 N–H and O–H groups in total. The molecule has 0 amide bonds. The van der Waals surface area contributed by atoms with Crippen molar-refractivity contribution in [2.75, 3.05) is 16.4 Å². The van der Waals surface area contributed by atoms with Gasteiger partial charge in [0, 0.05) is 39.0 Å². The molecular formula is C29H22BrN5O. The van der Waals surface area contributed by atoms with Gasteiger partial charge >= 0.3 is 0 Å². The molecule has 7 heteroatoms. The number of hydrogen-bond acceptors (Lipinski definition) is 6. The molecular weight excluding hydrogens is 514 g/mol. The molecule has 0 fully saturated rings. The summed E-state index contributed by atoms with van der Waals surface area (Å²) in [5.41, 5.74) is 17.4. The van der Waals surface area contributed by atoms with Gasteiger partial charge < -0.3 is 11.5 Å². The van der Waals surface area contributed by atoms with E-state index in [-0.39, 0.29) is 22.9 Å². The Balaban J connectivity index is 1.76. The van der Waals surface area contributed by atoms with Crippen LogP contribution in [0.25, 0.3) is 10.8 Å². The molecule has 0 saturated carbocycles. The number of nitrogens with zero attached hydrogens (tertiary/aromatic N) is 3. The Morgan fingerprint density at radius 1 is 1.03 bits per heavy atom. The van der Waals surface area contributed by atoms with Crippen LogP contribution >= 0.6 is 15.9 Å². The standard InChI is InChI=1S/C29H22BrN5O/c30-18-9-3-8-17(14-18)24-25-22(12-5-13-23(25)36)35(21-11-4-7-16-6-1-2-10-19(16)21)29-26(24)27(32)20(15-31)28(33)34-29/h1-4,6-11,14,24H,5,12-13H2,(H4,32,33,34)/t24-/m1/s1. The van der Waals surface area contributed by atoms with Gasteiger partial charge in [-0.2, -0.15) is 5.26 Å². The summed E-state index contributed by atoms with van der Waals surface area (Å²) in [5.74, 6) is 0.288. The summed E-state index contributed by atoms with van der Waals surface area (Å²) in [7, 11) is 0. The van der Waals surface area contributed by atoms with Crippen LogP contribution in [0.4, 0.5) is 23.0 Å². The van der Waals surface area contributed by atoms with Crippen molar-refractivity contribution in [3.63, 3.8) is 0 Å². The van der Waals surface area contributed by atoms with E-state index >= 15 is 0 Å². The normalized spacial score (nSPS) is 17.1. The summed E-state index contributed by atoms with van der Waals surface area (Å²) < 4.78 is 0.894. The van der Waals surface area contributed by atoms with E-state index in [1.807, 2.05) is 53.4 Å². The first-order valence-corrected chi connectivity index (χ1v) is 12.6.